The van der Waals surface area contributed by atoms with Crippen molar-refractivity contribution < 1.29 is 9.53 Å². The molecule has 7 heteroatoms. The number of hydrogen-bond donors (Lipinski definition) is 1. The molecule has 0 aliphatic carbocycles. The largest absolute Gasteiger partial charge is 0.494 e. The summed E-state index contributed by atoms with van der Waals surface area (Å²) in [5.41, 5.74) is 1.58. The maximum Gasteiger partial charge on any atom is 0.273 e. The highest BCUT2D eigenvalue weighted by Crippen LogP contribution is 2.27. The Morgan fingerprint density at radius 2 is 2.00 bits per heavy atom. The van der Waals surface area contributed by atoms with Crippen molar-refractivity contribution in [2.75, 3.05) is 33.3 Å². The number of likely N-dealkylation sites (tertiary alicyclic amines) is 1. The second-order valence-corrected chi connectivity index (χ2v) is 7.56. The maximum atomic E-state index is 12.7. The van der Waals surface area contributed by atoms with Gasteiger partial charge < -0.3 is 15.0 Å². The minimum absolute atomic E-state index is 0. The van der Waals surface area contributed by atoms with Crippen molar-refractivity contribution in [2.45, 2.75) is 26.2 Å². The van der Waals surface area contributed by atoms with E-state index in [4.69, 9.17) is 4.74 Å². The highest BCUT2D eigenvalue weighted by atomic mass is 35.5. The molecule has 1 amide bonds. The molecule has 1 fully saturated rings. The molecule has 1 aromatic carbocycles. The molecule has 1 N–H and O–H groups in total. The van der Waals surface area contributed by atoms with Crippen LogP contribution in [0.4, 0.5) is 0 Å². The lowest BCUT2D eigenvalue weighted by Gasteiger charge is -2.31. The molecule has 0 bridgehead atoms. The average molecular weight is 410 g/mol. The Labute approximate surface area is 171 Å². The first kappa shape index (κ1) is 21.7. The second-order valence-electron chi connectivity index (χ2n) is 6.70. The van der Waals surface area contributed by atoms with E-state index >= 15 is 0 Å². The SMILES string of the molecule is CCCOc1ccc(-c2nc(C(=O)N3CCC(CNC)CC3)cs2)cc1.Cl. The van der Waals surface area contributed by atoms with Gasteiger partial charge >= 0.3 is 0 Å². The predicted molar refractivity (Wildman–Crippen MR) is 113 cm³/mol. The summed E-state index contributed by atoms with van der Waals surface area (Å²) in [4.78, 5) is 19.2. The molecule has 1 aliphatic heterocycles. The van der Waals surface area contributed by atoms with E-state index in [-0.39, 0.29) is 18.3 Å². The van der Waals surface area contributed by atoms with Crippen LogP contribution in [0.3, 0.4) is 0 Å². The Kier molecular flexibility index (Phi) is 8.54. The summed E-state index contributed by atoms with van der Waals surface area (Å²) < 4.78 is 5.61. The number of carbonyl (C=O) groups is 1. The number of amides is 1. The third-order valence-electron chi connectivity index (χ3n) is 4.69. The van der Waals surface area contributed by atoms with E-state index in [1.807, 2.05) is 41.6 Å². The van der Waals surface area contributed by atoms with Crippen molar-refractivity contribution in [2.24, 2.45) is 5.92 Å². The van der Waals surface area contributed by atoms with Crippen LogP contribution in [0.5, 0.6) is 5.75 Å². The van der Waals surface area contributed by atoms with Crippen LogP contribution in [-0.4, -0.2) is 49.1 Å². The van der Waals surface area contributed by atoms with Crippen LogP contribution >= 0.6 is 23.7 Å². The van der Waals surface area contributed by atoms with Crippen LogP contribution in [0.1, 0.15) is 36.7 Å². The Hall–Kier alpha value is -1.63. The van der Waals surface area contributed by atoms with Gasteiger partial charge in [0, 0.05) is 24.0 Å². The highest BCUT2D eigenvalue weighted by molar-refractivity contribution is 7.13. The fraction of sp³-hybridized carbons (Fsp3) is 0.500. The van der Waals surface area contributed by atoms with Gasteiger partial charge in [0.1, 0.15) is 16.5 Å². The fourth-order valence-electron chi connectivity index (χ4n) is 3.21. The second kappa shape index (κ2) is 10.6. The number of thiazole rings is 1. The molecule has 0 saturated carbocycles. The van der Waals surface area contributed by atoms with Crippen molar-refractivity contribution in [1.29, 1.82) is 0 Å². The molecule has 1 saturated heterocycles. The molecule has 1 aromatic heterocycles. The number of ether oxygens (including phenoxy) is 1. The summed E-state index contributed by atoms with van der Waals surface area (Å²) in [7, 11) is 1.98. The van der Waals surface area contributed by atoms with Crippen molar-refractivity contribution in [3.05, 3.63) is 35.3 Å². The minimum atomic E-state index is 0. The lowest BCUT2D eigenvalue weighted by molar-refractivity contribution is 0.0686. The van der Waals surface area contributed by atoms with Gasteiger partial charge in [0.15, 0.2) is 0 Å². The maximum absolute atomic E-state index is 12.7. The number of nitrogens with zero attached hydrogens (tertiary/aromatic N) is 2. The minimum Gasteiger partial charge on any atom is -0.494 e. The Bertz CT molecular complexity index is 712. The number of aromatic nitrogens is 1. The topological polar surface area (TPSA) is 54.5 Å². The van der Waals surface area contributed by atoms with E-state index < -0.39 is 0 Å². The molecule has 27 heavy (non-hydrogen) atoms. The van der Waals surface area contributed by atoms with E-state index in [9.17, 15) is 4.79 Å². The van der Waals surface area contributed by atoms with Gasteiger partial charge in [0.05, 0.1) is 6.61 Å². The van der Waals surface area contributed by atoms with Gasteiger partial charge in [-0.05, 0) is 63.0 Å². The quantitative estimate of drug-likeness (QED) is 0.748. The van der Waals surface area contributed by atoms with E-state index in [0.717, 1.165) is 61.8 Å². The summed E-state index contributed by atoms with van der Waals surface area (Å²) in [6.45, 7) is 5.48. The number of piperidine rings is 1. The zero-order valence-electron chi connectivity index (χ0n) is 15.9. The van der Waals surface area contributed by atoms with Crippen molar-refractivity contribution in [1.82, 2.24) is 15.2 Å². The summed E-state index contributed by atoms with van der Waals surface area (Å²) in [5, 5.41) is 5.98. The Morgan fingerprint density at radius 1 is 1.30 bits per heavy atom. The Morgan fingerprint density at radius 3 is 2.63 bits per heavy atom. The normalized spacial score (nSPS) is 14.7. The molecule has 148 valence electrons. The van der Waals surface area contributed by atoms with Crippen molar-refractivity contribution in [3.63, 3.8) is 0 Å². The molecule has 0 radical (unpaired) electrons. The molecule has 0 unspecified atom stereocenters. The first-order chi connectivity index (χ1) is 12.7. The van der Waals surface area contributed by atoms with E-state index in [0.29, 0.717) is 11.6 Å². The molecule has 2 heterocycles. The molecule has 0 atom stereocenters. The van der Waals surface area contributed by atoms with Gasteiger partial charge in [0.25, 0.3) is 5.91 Å². The first-order valence-corrected chi connectivity index (χ1v) is 10.2. The number of halogens is 1. The third kappa shape index (κ3) is 5.67. The monoisotopic (exact) mass is 409 g/mol. The number of hydrogen-bond acceptors (Lipinski definition) is 5. The van der Waals surface area contributed by atoms with Gasteiger partial charge in [-0.15, -0.1) is 23.7 Å². The zero-order valence-corrected chi connectivity index (χ0v) is 17.6. The molecular formula is C20H28ClN3O2S. The van der Waals surface area contributed by atoms with E-state index in [1.54, 1.807) is 0 Å². The van der Waals surface area contributed by atoms with Gasteiger partial charge in [-0.2, -0.15) is 0 Å². The van der Waals surface area contributed by atoms with Gasteiger partial charge in [0.2, 0.25) is 0 Å². The summed E-state index contributed by atoms with van der Waals surface area (Å²) in [6.07, 6.45) is 3.11. The van der Waals surface area contributed by atoms with Gasteiger partial charge in [-0.25, -0.2) is 4.98 Å². The molecule has 2 aromatic rings. The lowest BCUT2D eigenvalue weighted by atomic mass is 9.97. The van der Waals surface area contributed by atoms with Crippen LogP contribution in [0.25, 0.3) is 10.6 Å². The molecule has 3 rings (SSSR count). The van der Waals surface area contributed by atoms with Gasteiger partial charge in [-0.1, -0.05) is 6.92 Å². The highest BCUT2D eigenvalue weighted by Gasteiger charge is 2.24. The number of nitrogens with one attached hydrogen (secondary N) is 1. The molecular weight excluding hydrogens is 382 g/mol. The van der Waals surface area contributed by atoms with Crippen LogP contribution in [-0.2, 0) is 0 Å². The first-order valence-electron chi connectivity index (χ1n) is 9.34. The molecule has 5 nitrogen and oxygen atoms in total. The average Bonchev–Trinajstić information content (AvgIpc) is 3.17. The molecule has 0 spiro atoms. The van der Waals surface area contributed by atoms with E-state index in [1.165, 1.54) is 11.3 Å². The van der Waals surface area contributed by atoms with E-state index in [2.05, 4.69) is 17.2 Å². The predicted octanol–water partition coefficient (Wildman–Crippen LogP) is 4.09. The fourth-order valence-corrected chi connectivity index (χ4v) is 4.01. The van der Waals surface area contributed by atoms with Crippen LogP contribution in [0.15, 0.2) is 29.6 Å². The smallest absolute Gasteiger partial charge is 0.273 e. The standard InChI is InChI=1S/C20H27N3O2S.ClH/c1-3-12-25-17-6-4-16(5-7-17)19-22-18(14-26-19)20(24)23-10-8-15(9-11-23)13-21-2;/h4-7,14-15,21H,3,8-13H2,1-2H3;1H. The summed E-state index contributed by atoms with van der Waals surface area (Å²) in [5.74, 6) is 1.59. The van der Waals surface area contributed by atoms with Crippen LogP contribution in [0, 0.1) is 5.92 Å². The Balaban J connectivity index is 0.00000261. The molecule has 1 aliphatic rings. The van der Waals surface area contributed by atoms with Crippen molar-refractivity contribution >= 4 is 29.7 Å². The summed E-state index contributed by atoms with van der Waals surface area (Å²) >= 11 is 1.52. The zero-order chi connectivity index (χ0) is 18.4. The van der Waals surface area contributed by atoms with Crippen LogP contribution < -0.4 is 10.1 Å². The number of benzene rings is 1. The lowest BCUT2D eigenvalue weighted by Crippen LogP contribution is -2.40. The van der Waals surface area contributed by atoms with Crippen LogP contribution in [0.2, 0.25) is 0 Å². The summed E-state index contributed by atoms with van der Waals surface area (Å²) in [6, 6.07) is 7.92. The van der Waals surface area contributed by atoms with Gasteiger partial charge in [-0.3, -0.25) is 4.79 Å². The van der Waals surface area contributed by atoms with Crippen molar-refractivity contribution in [3.8, 4) is 16.3 Å². The third-order valence-corrected chi connectivity index (χ3v) is 5.58. The number of carbonyl (C=O) groups excluding carboxylic acids is 1. The number of rotatable bonds is 7.